The zero-order valence-corrected chi connectivity index (χ0v) is 29.5. The number of hydrogen-bond donors (Lipinski definition) is 0. The molecule has 8 aliphatic carbocycles. The van der Waals surface area contributed by atoms with Crippen LogP contribution in [0.4, 0.5) is 0 Å². The minimum absolute atomic E-state index is 0.339. The van der Waals surface area contributed by atoms with Gasteiger partial charge in [-0.1, -0.05) is 127 Å². The van der Waals surface area contributed by atoms with E-state index in [2.05, 4.69) is 121 Å². The molecule has 2 aromatic carbocycles. The van der Waals surface area contributed by atoms with Gasteiger partial charge in [0.25, 0.3) is 0 Å². The second-order valence-electron chi connectivity index (χ2n) is 16.2. The summed E-state index contributed by atoms with van der Waals surface area (Å²) in [6, 6.07) is 22.7. The molecule has 0 amide bonds. The van der Waals surface area contributed by atoms with Crippen LogP contribution in [-0.2, 0) is 4.74 Å². The van der Waals surface area contributed by atoms with E-state index in [1.54, 1.807) is 27.9 Å². The first-order chi connectivity index (χ1) is 25.3. The molecule has 0 spiro atoms. The van der Waals surface area contributed by atoms with Crippen LogP contribution in [-0.4, -0.2) is 6.61 Å². The topological polar surface area (TPSA) is 9.23 Å². The van der Waals surface area contributed by atoms with Crippen LogP contribution in [0.1, 0.15) is 68.9 Å². The Kier molecular flexibility index (Phi) is 7.06. The summed E-state index contributed by atoms with van der Waals surface area (Å²) < 4.78 is 6.85. The van der Waals surface area contributed by atoms with Crippen LogP contribution in [0, 0.1) is 35.5 Å². The third-order valence-corrected chi connectivity index (χ3v) is 13.9. The Morgan fingerprint density at radius 3 is 2.12 bits per heavy atom. The number of benzene rings is 2. The molecule has 0 N–H and O–H groups in total. The van der Waals surface area contributed by atoms with Crippen molar-refractivity contribution in [2.75, 3.05) is 6.61 Å². The highest BCUT2D eigenvalue weighted by molar-refractivity contribution is 5.93. The van der Waals surface area contributed by atoms with Crippen molar-refractivity contribution < 1.29 is 4.74 Å². The molecule has 0 aromatic heterocycles. The molecule has 0 radical (unpaired) electrons. The molecule has 1 aliphatic heterocycles. The average Bonchev–Trinajstić information content (AvgIpc) is 3.86. The maximum Gasteiger partial charge on any atom is 0.100 e. The maximum atomic E-state index is 6.85. The van der Waals surface area contributed by atoms with Crippen LogP contribution in [0.2, 0.25) is 0 Å². The monoisotopic (exact) mass is 662 g/mol. The van der Waals surface area contributed by atoms with Crippen LogP contribution in [0.3, 0.4) is 0 Å². The summed E-state index contributed by atoms with van der Waals surface area (Å²) in [5, 5.41) is 0. The summed E-state index contributed by atoms with van der Waals surface area (Å²) in [5.74, 6) is 4.08. The summed E-state index contributed by atoms with van der Waals surface area (Å²) in [6.07, 6.45) is 35.5. The zero-order valence-electron chi connectivity index (χ0n) is 29.5. The van der Waals surface area contributed by atoms with E-state index in [1.807, 2.05) is 0 Å². The van der Waals surface area contributed by atoms with Crippen molar-refractivity contribution in [2.45, 2.75) is 57.8 Å². The van der Waals surface area contributed by atoms with Crippen molar-refractivity contribution >= 4 is 11.1 Å². The number of fused-ring (bicyclic) bond motifs is 6. The molecule has 9 aliphatic rings. The molecule has 1 heteroatoms. The van der Waals surface area contributed by atoms with E-state index in [1.165, 1.54) is 88.8 Å². The van der Waals surface area contributed by atoms with E-state index in [0.717, 1.165) is 25.9 Å². The number of ether oxygens (including phenoxy) is 1. The van der Waals surface area contributed by atoms with Gasteiger partial charge in [0.15, 0.2) is 0 Å². The van der Waals surface area contributed by atoms with Gasteiger partial charge in [-0.15, -0.1) is 0 Å². The first-order valence-electron chi connectivity index (χ1n) is 19.8. The van der Waals surface area contributed by atoms with Crippen molar-refractivity contribution in [2.24, 2.45) is 35.5 Å². The van der Waals surface area contributed by atoms with E-state index >= 15 is 0 Å². The van der Waals surface area contributed by atoms with Crippen LogP contribution >= 0.6 is 0 Å². The van der Waals surface area contributed by atoms with Crippen LogP contribution < -0.4 is 0 Å². The molecule has 2 aromatic rings. The van der Waals surface area contributed by atoms with Gasteiger partial charge in [-0.25, -0.2) is 0 Å². The fourth-order valence-electron chi connectivity index (χ4n) is 11.7. The highest BCUT2D eigenvalue weighted by Gasteiger charge is 2.51. The predicted molar refractivity (Wildman–Crippen MR) is 209 cm³/mol. The Balaban J connectivity index is 1.15. The van der Waals surface area contributed by atoms with Crippen molar-refractivity contribution in [1.82, 2.24) is 0 Å². The van der Waals surface area contributed by atoms with Gasteiger partial charge in [-0.3, -0.25) is 0 Å². The molecule has 6 atom stereocenters. The van der Waals surface area contributed by atoms with E-state index in [9.17, 15) is 0 Å². The van der Waals surface area contributed by atoms with E-state index in [4.69, 9.17) is 4.74 Å². The molecular weight excluding hydrogens is 617 g/mol. The van der Waals surface area contributed by atoms with Gasteiger partial charge in [-0.05, 0) is 136 Å². The molecule has 51 heavy (non-hydrogen) atoms. The van der Waals surface area contributed by atoms with Crippen molar-refractivity contribution in [1.29, 1.82) is 0 Å². The largest absolute Gasteiger partial charge is 0.497 e. The Bertz CT molecular complexity index is 2180. The number of rotatable bonds is 3. The molecule has 0 saturated heterocycles. The van der Waals surface area contributed by atoms with Crippen LogP contribution in [0.5, 0.6) is 0 Å². The Morgan fingerprint density at radius 2 is 1.29 bits per heavy atom. The lowest BCUT2D eigenvalue weighted by atomic mass is 9.70. The Hall–Kier alpha value is -4.62. The molecule has 252 valence electrons. The third-order valence-electron chi connectivity index (χ3n) is 13.9. The zero-order chi connectivity index (χ0) is 33.5. The number of hydrogen-bond acceptors (Lipinski definition) is 1. The smallest absolute Gasteiger partial charge is 0.100 e. The Labute approximate surface area is 303 Å². The van der Waals surface area contributed by atoms with Gasteiger partial charge in [0.1, 0.15) is 5.76 Å². The summed E-state index contributed by atoms with van der Waals surface area (Å²) in [6.45, 7) is 0.825. The fraction of sp³-hybridized carbons (Fsp3) is 0.320. The lowest BCUT2D eigenvalue weighted by Gasteiger charge is -2.34. The molecule has 1 heterocycles. The van der Waals surface area contributed by atoms with E-state index in [-0.39, 0.29) is 0 Å². The normalized spacial score (nSPS) is 31.6. The molecule has 1 nitrogen and oxygen atoms in total. The van der Waals surface area contributed by atoms with Gasteiger partial charge >= 0.3 is 0 Å². The Morgan fingerprint density at radius 1 is 0.588 bits per heavy atom. The van der Waals surface area contributed by atoms with Gasteiger partial charge in [0.2, 0.25) is 0 Å². The predicted octanol–water partition coefficient (Wildman–Crippen LogP) is 12.2. The maximum absolute atomic E-state index is 6.85. The number of allylic oxidation sites excluding steroid dienone is 20. The van der Waals surface area contributed by atoms with Crippen LogP contribution in [0.25, 0.3) is 11.1 Å². The van der Waals surface area contributed by atoms with Crippen LogP contribution in [0.15, 0.2) is 177 Å². The van der Waals surface area contributed by atoms with Gasteiger partial charge < -0.3 is 4.74 Å². The fourth-order valence-corrected chi connectivity index (χ4v) is 11.7. The summed E-state index contributed by atoms with van der Waals surface area (Å²) in [5.41, 5.74) is 19.9. The first-order valence-corrected chi connectivity index (χ1v) is 19.8. The van der Waals surface area contributed by atoms with Gasteiger partial charge in [-0.2, -0.15) is 0 Å². The van der Waals surface area contributed by atoms with Gasteiger partial charge in [0, 0.05) is 24.2 Å². The molecule has 2 saturated carbocycles. The second kappa shape index (κ2) is 12.0. The quantitative estimate of drug-likeness (QED) is 0.318. The summed E-state index contributed by atoms with van der Waals surface area (Å²) >= 11 is 0. The second-order valence-corrected chi connectivity index (χ2v) is 16.2. The molecule has 0 bridgehead atoms. The minimum Gasteiger partial charge on any atom is -0.497 e. The van der Waals surface area contributed by atoms with Gasteiger partial charge in [0.05, 0.1) is 6.61 Å². The summed E-state index contributed by atoms with van der Waals surface area (Å²) in [4.78, 5) is 0. The first kappa shape index (κ1) is 30.0. The summed E-state index contributed by atoms with van der Waals surface area (Å²) in [7, 11) is 0. The molecule has 2 fully saturated rings. The lowest BCUT2D eigenvalue weighted by Crippen LogP contribution is -2.22. The van der Waals surface area contributed by atoms with Crippen molar-refractivity contribution in [3.63, 3.8) is 0 Å². The molecule has 6 unspecified atom stereocenters. The molecular formula is C50H46O. The molecule has 11 rings (SSSR count). The highest BCUT2D eigenvalue weighted by Crippen LogP contribution is 2.62. The minimum atomic E-state index is 0.339. The van der Waals surface area contributed by atoms with Crippen molar-refractivity contribution in [3.8, 4) is 0 Å². The standard InChI is InChI=1S/C50H46O/c1-3-13-32(14-4-1)37-25-26-41-38-18-9-10-19-39(38)45-30-51-46(48(41)45)29-44(33-15-5-2-6-16-33)50-42-21-11-20-40-36(24-27-43(47(40)42)49(37)50)35-23-22-31-12-7-8-17-34(31)28-35/h1-6,9-11,13-16,18-21,24,27-28,38-41,45,47H,7-8,12,17,22-23,25-26,29-30H2. The lowest BCUT2D eigenvalue weighted by molar-refractivity contribution is 0.190. The van der Waals surface area contributed by atoms with Crippen molar-refractivity contribution in [3.05, 3.63) is 188 Å². The van der Waals surface area contributed by atoms with E-state index < -0.39 is 0 Å². The highest BCUT2D eigenvalue weighted by atomic mass is 16.5. The SMILES string of the molecule is C1=CC2C(C3=CC4=C(CCCC4)CC3)=CC=C3C4=C(c5ccccc5)CCC5C6=C(CC(c7ccccc7)=C4C(=C1)C32)OCC6C1C=CC=CC51. The van der Waals surface area contributed by atoms with E-state index in [0.29, 0.717) is 35.5 Å². The average molecular weight is 663 g/mol. The third kappa shape index (κ3) is 4.66.